The largest absolute Gasteiger partial charge is 0.416 e. The first-order chi connectivity index (χ1) is 13.6. The number of likely N-dealkylation sites (tertiary alicyclic amines) is 1. The van der Waals surface area contributed by atoms with E-state index in [4.69, 9.17) is 12.2 Å². The molecule has 0 saturated carbocycles. The third kappa shape index (κ3) is 5.03. The maximum Gasteiger partial charge on any atom is 0.416 e. The number of nitrogens with zero attached hydrogens (tertiary/aromatic N) is 3. The molecule has 2 N–H and O–H groups in total. The van der Waals surface area contributed by atoms with Crippen LogP contribution < -0.4 is 5.32 Å². The SMILES string of the molecule is Cn1c(CCNC(=O)C2CC(=O)N(Cc3cccc(C(F)(F)F)c3)C2)n[nH]c1=S. The minimum atomic E-state index is -4.44. The maximum atomic E-state index is 12.8. The molecule has 0 aliphatic carbocycles. The molecule has 11 heteroatoms. The van der Waals surface area contributed by atoms with Gasteiger partial charge in [0.2, 0.25) is 11.8 Å². The Kier molecular flexibility index (Phi) is 6.06. The number of aromatic nitrogens is 3. The lowest BCUT2D eigenvalue weighted by molar-refractivity contribution is -0.137. The van der Waals surface area contributed by atoms with E-state index in [1.165, 1.54) is 17.0 Å². The molecule has 1 aliphatic heterocycles. The Balaban J connectivity index is 1.53. The highest BCUT2D eigenvalue weighted by atomic mass is 32.1. The summed E-state index contributed by atoms with van der Waals surface area (Å²) in [4.78, 5) is 26.0. The number of H-pyrrole nitrogens is 1. The van der Waals surface area contributed by atoms with Crippen molar-refractivity contribution >= 4 is 24.0 Å². The van der Waals surface area contributed by atoms with E-state index in [-0.39, 0.29) is 31.3 Å². The highest BCUT2D eigenvalue weighted by Crippen LogP contribution is 2.30. The lowest BCUT2D eigenvalue weighted by Crippen LogP contribution is -2.34. The fourth-order valence-electron chi connectivity index (χ4n) is 3.21. The van der Waals surface area contributed by atoms with Crippen LogP contribution in [-0.2, 0) is 35.8 Å². The molecule has 0 spiro atoms. The average molecular weight is 427 g/mol. The van der Waals surface area contributed by atoms with Crippen molar-refractivity contribution in [3.05, 3.63) is 46.0 Å². The van der Waals surface area contributed by atoms with Crippen molar-refractivity contribution in [2.75, 3.05) is 13.1 Å². The minimum Gasteiger partial charge on any atom is -0.355 e. The summed E-state index contributed by atoms with van der Waals surface area (Å²) in [6.45, 7) is 0.551. The second-order valence-corrected chi connectivity index (χ2v) is 7.31. The first-order valence-electron chi connectivity index (χ1n) is 8.97. The van der Waals surface area contributed by atoms with E-state index in [1.54, 1.807) is 11.6 Å². The maximum absolute atomic E-state index is 12.8. The van der Waals surface area contributed by atoms with Crippen LogP contribution in [0.25, 0.3) is 0 Å². The van der Waals surface area contributed by atoms with Gasteiger partial charge >= 0.3 is 6.18 Å². The number of alkyl halides is 3. The Morgan fingerprint density at radius 2 is 2.17 bits per heavy atom. The molecular weight excluding hydrogens is 407 g/mol. The molecule has 1 aliphatic rings. The van der Waals surface area contributed by atoms with Crippen LogP contribution in [0.3, 0.4) is 0 Å². The summed E-state index contributed by atoms with van der Waals surface area (Å²) < 4.78 is 40.7. The van der Waals surface area contributed by atoms with Gasteiger partial charge in [-0.05, 0) is 29.9 Å². The van der Waals surface area contributed by atoms with Gasteiger partial charge in [0.05, 0.1) is 11.5 Å². The number of halogens is 3. The monoisotopic (exact) mass is 427 g/mol. The van der Waals surface area contributed by atoms with E-state index in [0.717, 1.165) is 12.1 Å². The van der Waals surface area contributed by atoms with Gasteiger partial charge in [0.15, 0.2) is 4.77 Å². The molecule has 1 fully saturated rings. The number of carbonyl (C=O) groups excluding carboxylic acids is 2. The van der Waals surface area contributed by atoms with Crippen molar-refractivity contribution in [3.63, 3.8) is 0 Å². The van der Waals surface area contributed by atoms with Crippen LogP contribution in [0.1, 0.15) is 23.4 Å². The fraction of sp³-hybridized carbons (Fsp3) is 0.444. The fourth-order valence-corrected chi connectivity index (χ4v) is 3.36. The third-order valence-electron chi connectivity index (χ3n) is 4.83. The number of carbonyl (C=O) groups is 2. The standard InChI is InChI=1S/C18H20F3N5O2S/c1-25-14(23-24-17(25)29)5-6-22-16(28)12-8-15(27)26(10-12)9-11-3-2-4-13(7-11)18(19,20)21/h2-4,7,12H,5-6,8-10H2,1H3,(H,22,28)(H,24,29). The zero-order valence-corrected chi connectivity index (χ0v) is 16.4. The molecule has 2 heterocycles. The second-order valence-electron chi connectivity index (χ2n) is 6.92. The molecule has 3 rings (SSSR count). The zero-order chi connectivity index (χ0) is 21.2. The first-order valence-corrected chi connectivity index (χ1v) is 9.38. The average Bonchev–Trinajstić information content (AvgIpc) is 3.18. The van der Waals surface area contributed by atoms with Crippen LogP contribution in [0.2, 0.25) is 0 Å². The van der Waals surface area contributed by atoms with Crippen molar-refractivity contribution in [2.24, 2.45) is 13.0 Å². The highest BCUT2D eigenvalue weighted by molar-refractivity contribution is 7.71. The van der Waals surface area contributed by atoms with E-state index in [0.29, 0.717) is 29.1 Å². The molecule has 1 aromatic heterocycles. The molecule has 1 saturated heterocycles. The van der Waals surface area contributed by atoms with E-state index in [2.05, 4.69) is 15.5 Å². The number of amides is 2. The van der Waals surface area contributed by atoms with Crippen LogP contribution in [-0.4, -0.2) is 44.6 Å². The topological polar surface area (TPSA) is 83.0 Å². The van der Waals surface area contributed by atoms with Crippen LogP contribution in [0, 0.1) is 10.7 Å². The van der Waals surface area contributed by atoms with Gasteiger partial charge in [-0.1, -0.05) is 12.1 Å². The van der Waals surface area contributed by atoms with E-state index >= 15 is 0 Å². The molecule has 1 atom stereocenters. The lowest BCUT2D eigenvalue weighted by Gasteiger charge is -2.17. The summed E-state index contributed by atoms with van der Waals surface area (Å²) in [6.07, 6.45) is -3.92. The Morgan fingerprint density at radius 3 is 2.83 bits per heavy atom. The van der Waals surface area contributed by atoms with Gasteiger partial charge < -0.3 is 14.8 Å². The smallest absolute Gasteiger partial charge is 0.355 e. The first kappa shape index (κ1) is 21.0. The third-order valence-corrected chi connectivity index (χ3v) is 5.20. The van der Waals surface area contributed by atoms with E-state index in [1.807, 2.05) is 0 Å². The van der Waals surface area contributed by atoms with Gasteiger partial charge in [-0.2, -0.15) is 18.3 Å². The van der Waals surface area contributed by atoms with Gasteiger partial charge in [0, 0.05) is 39.5 Å². The van der Waals surface area contributed by atoms with Crippen molar-refractivity contribution < 1.29 is 22.8 Å². The normalized spacial score (nSPS) is 17.0. The van der Waals surface area contributed by atoms with Crippen molar-refractivity contribution in [3.8, 4) is 0 Å². The Bertz CT molecular complexity index is 969. The van der Waals surface area contributed by atoms with Crippen LogP contribution in [0.15, 0.2) is 24.3 Å². The molecule has 1 aromatic carbocycles. The molecule has 1 unspecified atom stereocenters. The van der Waals surface area contributed by atoms with Crippen LogP contribution in [0.4, 0.5) is 13.2 Å². The molecule has 0 radical (unpaired) electrons. The molecule has 156 valence electrons. The number of nitrogens with one attached hydrogen (secondary N) is 2. The van der Waals surface area contributed by atoms with Crippen molar-refractivity contribution in [2.45, 2.75) is 25.6 Å². The zero-order valence-electron chi connectivity index (χ0n) is 15.6. The Labute approximate surface area is 169 Å². The van der Waals surface area contributed by atoms with Gasteiger partial charge in [-0.15, -0.1) is 0 Å². The number of aromatic amines is 1. The molecule has 2 amide bonds. The predicted octanol–water partition coefficient (Wildman–Crippen LogP) is 2.20. The molecule has 2 aromatic rings. The predicted molar refractivity (Wildman–Crippen MR) is 100 cm³/mol. The number of hydrogen-bond acceptors (Lipinski definition) is 4. The molecular formula is C18H20F3N5O2S. The summed E-state index contributed by atoms with van der Waals surface area (Å²) in [5.41, 5.74) is -0.385. The molecule has 0 bridgehead atoms. The number of rotatable bonds is 6. The summed E-state index contributed by atoms with van der Waals surface area (Å²) in [7, 11) is 1.77. The Hall–Kier alpha value is -2.69. The van der Waals surface area contributed by atoms with Crippen molar-refractivity contribution in [1.82, 2.24) is 25.0 Å². The summed E-state index contributed by atoms with van der Waals surface area (Å²) in [5, 5.41) is 9.49. The highest BCUT2D eigenvalue weighted by Gasteiger charge is 2.35. The summed E-state index contributed by atoms with van der Waals surface area (Å²) in [6, 6.07) is 4.86. The van der Waals surface area contributed by atoms with Gasteiger partial charge in [0.1, 0.15) is 5.82 Å². The van der Waals surface area contributed by atoms with Crippen molar-refractivity contribution in [1.29, 1.82) is 0 Å². The van der Waals surface area contributed by atoms with E-state index in [9.17, 15) is 22.8 Å². The van der Waals surface area contributed by atoms with Crippen LogP contribution in [0.5, 0.6) is 0 Å². The molecule has 29 heavy (non-hydrogen) atoms. The quantitative estimate of drug-likeness (QED) is 0.693. The summed E-state index contributed by atoms with van der Waals surface area (Å²) >= 11 is 5.02. The number of benzene rings is 1. The second kappa shape index (κ2) is 8.36. The summed E-state index contributed by atoms with van der Waals surface area (Å²) in [5.74, 6) is -0.349. The van der Waals surface area contributed by atoms with E-state index < -0.39 is 17.7 Å². The minimum absolute atomic E-state index is 0.0389. The van der Waals surface area contributed by atoms with Crippen LogP contribution >= 0.6 is 12.2 Å². The number of hydrogen-bond donors (Lipinski definition) is 2. The van der Waals surface area contributed by atoms with Gasteiger partial charge in [-0.3, -0.25) is 14.7 Å². The Morgan fingerprint density at radius 1 is 1.41 bits per heavy atom. The molecule has 7 nitrogen and oxygen atoms in total. The van der Waals surface area contributed by atoms with Gasteiger partial charge in [-0.25, -0.2) is 0 Å². The lowest BCUT2D eigenvalue weighted by atomic mass is 10.1. The van der Waals surface area contributed by atoms with Gasteiger partial charge in [0.25, 0.3) is 0 Å².